The zero-order valence-electron chi connectivity index (χ0n) is 12.2. The number of carbonyl (C=O) groups excluding carboxylic acids is 2. The van der Waals surface area contributed by atoms with E-state index in [1.165, 1.54) is 0 Å². The van der Waals surface area contributed by atoms with Crippen molar-refractivity contribution in [3.8, 4) is 0 Å². The second kappa shape index (κ2) is 5.27. The monoisotopic (exact) mass is 275 g/mol. The number of carbonyl (C=O) groups is 2. The highest BCUT2D eigenvalue weighted by Crippen LogP contribution is 2.52. The van der Waals surface area contributed by atoms with Crippen molar-refractivity contribution in [3.63, 3.8) is 0 Å². The van der Waals surface area contributed by atoms with Crippen LogP contribution < -0.4 is 5.32 Å². The summed E-state index contributed by atoms with van der Waals surface area (Å²) in [4.78, 5) is 22.8. The van der Waals surface area contributed by atoms with Crippen molar-refractivity contribution in [1.29, 1.82) is 0 Å². The third kappa shape index (κ3) is 3.18. The van der Waals surface area contributed by atoms with Crippen LogP contribution in [0.15, 0.2) is 30.3 Å². The Balaban J connectivity index is 2.02. The molecule has 108 valence electrons. The molecule has 1 aromatic carbocycles. The summed E-state index contributed by atoms with van der Waals surface area (Å²) < 4.78 is 5.23. The van der Waals surface area contributed by atoms with Crippen molar-refractivity contribution in [1.82, 2.24) is 5.32 Å². The number of nitrogens with one attached hydrogen (secondary N) is 1. The Labute approximate surface area is 119 Å². The molecule has 4 heteroatoms. The predicted octanol–water partition coefficient (Wildman–Crippen LogP) is 2.67. The molecule has 20 heavy (non-hydrogen) atoms. The average molecular weight is 275 g/mol. The van der Waals surface area contributed by atoms with Gasteiger partial charge in [0.15, 0.2) is 0 Å². The summed E-state index contributed by atoms with van der Waals surface area (Å²) >= 11 is 0. The van der Waals surface area contributed by atoms with Crippen molar-refractivity contribution >= 4 is 12.4 Å². The second-order valence-corrected chi connectivity index (χ2v) is 6.32. The lowest BCUT2D eigenvalue weighted by Gasteiger charge is -2.22. The fourth-order valence-corrected chi connectivity index (χ4v) is 2.46. The van der Waals surface area contributed by atoms with E-state index in [2.05, 4.69) is 5.32 Å². The van der Waals surface area contributed by atoms with Crippen molar-refractivity contribution in [3.05, 3.63) is 35.9 Å². The molecule has 2 atom stereocenters. The summed E-state index contributed by atoms with van der Waals surface area (Å²) in [6, 6.07) is 9.84. The number of aldehydes is 1. The van der Waals surface area contributed by atoms with Crippen LogP contribution in [0.5, 0.6) is 0 Å². The Hall–Kier alpha value is -1.84. The Morgan fingerprint density at radius 2 is 2.05 bits per heavy atom. The number of rotatable bonds is 4. The molecule has 2 rings (SSSR count). The first kappa shape index (κ1) is 14.6. The Morgan fingerprint density at radius 3 is 2.55 bits per heavy atom. The molecule has 0 spiro atoms. The van der Waals surface area contributed by atoms with Gasteiger partial charge in [-0.2, -0.15) is 0 Å². The van der Waals surface area contributed by atoms with Crippen LogP contribution in [0, 0.1) is 5.92 Å². The van der Waals surface area contributed by atoms with Gasteiger partial charge in [0.25, 0.3) is 0 Å². The van der Waals surface area contributed by atoms with E-state index < -0.39 is 11.7 Å². The average Bonchev–Trinajstić information content (AvgIpc) is 3.11. The van der Waals surface area contributed by atoms with E-state index in [1.54, 1.807) is 0 Å². The summed E-state index contributed by atoms with van der Waals surface area (Å²) in [7, 11) is 0. The van der Waals surface area contributed by atoms with E-state index in [0.717, 1.165) is 18.3 Å². The summed E-state index contributed by atoms with van der Waals surface area (Å²) in [6.07, 6.45) is 1.31. The van der Waals surface area contributed by atoms with Gasteiger partial charge in [0.2, 0.25) is 0 Å². The van der Waals surface area contributed by atoms with Crippen LogP contribution in [-0.4, -0.2) is 24.5 Å². The molecule has 1 N–H and O–H groups in total. The van der Waals surface area contributed by atoms with Crippen molar-refractivity contribution in [2.24, 2.45) is 5.92 Å². The van der Waals surface area contributed by atoms with Crippen molar-refractivity contribution < 1.29 is 14.3 Å². The standard InChI is InChI=1S/C16H21NO3/c1-15(2,3)20-14(19)17-11-16(9-13(16)10-18)12-7-5-4-6-8-12/h4-8,10,13H,9,11H2,1-3H3,(H,17,19)/t13-,16-/m0/s1. The molecule has 0 bridgehead atoms. The number of hydrogen-bond donors (Lipinski definition) is 1. The zero-order valence-corrected chi connectivity index (χ0v) is 12.2. The molecule has 1 amide bonds. The molecule has 1 aliphatic carbocycles. The summed E-state index contributed by atoms with van der Waals surface area (Å²) in [5.74, 6) is -0.0279. The number of hydrogen-bond acceptors (Lipinski definition) is 3. The molecule has 0 unspecified atom stereocenters. The lowest BCUT2D eigenvalue weighted by Crippen LogP contribution is -2.37. The van der Waals surface area contributed by atoms with E-state index in [-0.39, 0.29) is 11.3 Å². The van der Waals surface area contributed by atoms with Gasteiger partial charge < -0.3 is 14.8 Å². The molecule has 1 fully saturated rings. The molecule has 1 saturated carbocycles. The van der Waals surface area contributed by atoms with E-state index in [9.17, 15) is 9.59 Å². The van der Waals surface area contributed by atoms with Crippen LogP contribution in [-0.2, 0) is 14.9 Å². The molecular formula is C16H21NO3. The van der Waals surface area contributed by atoms with Gasteiger partial charge in [-0.25, -0.2) is 4.79 Å². The highest BCUT2D eigenvalue weighted by Gasteiger charge is 2.55. The first-order valence-electron chi connectivity index (χ1n) is 6.85. The smallest absolute Gasteiger partial charge is 0.407 e. The summed E-state index contributed by atoms with van der Waals surface area (Å²) in [5.41, 5.74) is 0.311. The number of amides is 1. The maximum atomic E-state index is 11.7. The fraction of sp³-hybridized carbons (Fsp3) is 0.500. The minimum Gasteiger partial charge on any atom is -0.444 e. The number of benzene rings is 1. The SMILES string of the molecule is CC(C)(C)OC(=O)NC[C@]1(c2ccccc2)C[C@H]1C=O. The predicted molar refractivity (Wildman–Crippen MR) is 76.5 cm³/mol. The Kier molecular flexibility index (Phi) is 3.84. The van der Waals surface area contributed by atoms with E-state index in [1.807, 2.05) is 51.1 Å². The highest BCUT2D eigenvalue weighted by molar-refractivity contribution is 5.70. The maximum absolute atomic E-state index is 11.7. The summed E-state index contributed by atoms with van der Waals surface area (Å²) in [6.45, 7) is 5.90. The molecule has 0 aromatic heterocycles. The lowest BCUT2D eigenvalue weighted by molar-refractivity contribution is -0.109. The van der Waals surface area contributed by atoms with E-state index in [4.69, 9.17) is 4.74 Å². The van der Waals surface area contributed by atoms with Gasteiger partial charge in [-0.15, -0.1) is 0 Å². The molecular weight excluding hydrogens is 254 g/mol. The zero-order chi connectivity index (χ0) is 14.8. The number of ether oxygens (including phenoxy) is 1. The van der Waals surface area contributed by atoms with Gasteiger partial charge in [-0.3, -0.25) is 0 Å². The quantitative estimate of drug-likeness (QED) is 0.859. The molecule has 0 saturated heterocycles. The second-order valence-electron chi connectivity index (χ2n) is 6.32. The fourth-order valence-electron chi connectivity index (χ4n) is 2.46. The maximum Gasteiger partial charge on any atom is 0.407 e. The van der Waals surface area contributed by atoms with Gasteiger partial charge in [0.1, 0.15) is 11.9 Å². The lowest BCUT2D eigenvalue weighted by atomic mass is 9.93. The van der Waals surface area contributed by atoms with Crippen LogP contribution in [0.4, 0.5) is 4.79 Å². The minimum atomic E-state index is -0.516. The van der Waals surface area contributed by atoms with Crippen LogP contribution in [0.1, 0.15) is 32.8 Å². The van der Waals surface area contributed by atoms with E-state index in [0.29, 0.717) is 6.54 Å². The Bertz CT molecular complexity index is 492. The first-order valence-corrected chi connectivity index (χ1v) is 6.85. The normalized spacial score (nSPS) is 24.9. The summed E-state index contributed by atoms with van der Waals surface area (Å²) in [5, 5.41) is 2.78. The molecule has 4 nitrogen and oxygen atoms in total. The van der Waals surface area contributed by atoms with Crippen LogP contribution in [0.3, 0.4) is 0 Å². The van der Waals surface area contributed by atoms with Crippen LogP contribution >= 0.6 is 0 Å². The molecule has 1 aromatic rings. The molecule has 0 radical (unpaired) electrons. The Morgan fingerprint density at radius 1 is 1.40 bits per heavy atom. The third-order valence-electron chi connectivity index (χ3n) is 3.59. The van der Waals surface area contributed by atoms with Crippen LogP contribution in [0.2, 0.25) is 0 Å². The molecule has 1 aliphatic rings. The van der Waals surface area contributed by atoms with Gasteiger partial charge >= 0.3 is 6.09 Å². The number of alkyl carbamates (subject to hydrolysis) is 1. The largest absolute Gasteiger partial charge is 0.444 e. The van der Waals surface area contributed by atoms with Crippen molar-refractivity contribution in [2.45, 2.75) is 38.2 Å². The van der Waals surface area contributed by atoms with Gasteiger partial charge in [-0.05, 0) is 32.8 Å². The van der Waals surface area contributed by atoms with Gasteiger partial charge in [-0.1, -0.05) is 30.3 Å². The van der Waals surface area contributed by atoms with E-state index >= 15 is 0 Å². The highest BCUT2D eigenvalue weighted by atomic mass is 16.6. The molecule has 0 aliphatic heterocycles. The van der Waals surface area contributed by atoms with Crippen molar-refractivity contribution in [2.75, 3.05) is 6.54 Å². The van der Waals surface area contributed by atoms with Gasteiger partial charge in [0, 0.05) is 17.9 Å². The topological polar surface area (TPSA) is 55.4 Å². The van der Waals surface area contributed by atoms with Gasteiger partial charge in [0.05, 0.1) is 0 Å². The third-order valence-corrected chi connectivity index (χ3v) is 3.59. The first-order chi connectivity index (χ1) is 9.37. The minimum absolute atomic E-state index is 0.0279. The molecule has 0 heterocycles. The van der Waals surface area contributed by atoms with Crippen LogP contribution in [0.25, 0.3) is 0 Å².